The molecule has 3 amide bonds. The molecule has 0 aliphatic carbocycles. The van der Waals surface area contributed by atoms with Gasteiger partial charge in [-0.2, -0.15) is 0 Å². The van der Waals surface area contributed by atoms with Crippen LogP contribution < -0.4 is 15.4 Å². The van der Waals surface area contributed by atoms with Crippen molar-refractivity contribution in [2.24, 2.45) is 10.4 Å². The van der Waals surface area contributed by atoms with Gasteiger partial charge in [-0.3, -0.25) is 28.7 Å². The van der Waals surface area contributed by atoms with Crippen LogP contribution in [0.5, 0.6) is 5.75 Å². The Hall–Kier alpha value is -6.63. The number of esters is 1. The highest BCUT2D eigenvalue weighted by molar-refractivity contribution is 7.15. The van der Waals surface area contributed by atoms with E-state index < -0.39 is 71.8 Å². The van der Waals surface area contributed by atoms with E-state index in [0.717, 1.165) is 48.3 Å². The first-order valence-corrected chi connectivity index (χ1v) is 24.3. The first-order valence-electron chi connectivity index (χ1n) is 22.6. The van der Waals surface area contributed by atoms with E-state index in [1.165, 1.54) is 24.1 Å². The predicted octanol–water partition coefficient (Wildman–Crippen LogP) is 7.70. The Bertz CT molecular complexity index is 2960. The summed E-state index contributed by atoms with van der Waals surface area (Å²) in [5, 5.41) is 26.2. The number of thiophene rings is 1. The molecule has 8 rings (SSSR count). The highest BCUT2D eigenvalue weighted by Gasteiger charge is 2.45. The predicted molar refractivity (Wildman–Crippen MR) is 262 cm³/mol. The second-order valence-corrected chi connectivity index (χ2v) is 20.7. The number of ether oxygens (including phenoxy) is 2. The average molecular weight is 975 g/mol. The summed E-state index contributed by atoms with van der Waals surface area (Å²) in [6.07, 6.45) is -0.933. The molecule has 1 saturated heterocycles. The molecular formula is C51H55FN8O7S2. The van der Waals surface area contributed by atoms with E-state index in [1.54, 1.807) is 55.0 Å². The minimum Gasteiger partial charge on any atom is -0.484 e. The normalized spacial score (nSPS) is 17.5. The number of β-amino-alcohol motifs (C(OH)–C–C–N with tert-alkyl or cyclic N) is 1. The number of carbonyl (C=O) groups is 4. The standard InChI is InChI=1S/C51H55FN8O7S2/c1-26-29(4)69-50-43(26)44(55-39(22-42(63)66-9)47-58-57-30(5)60(47)50)33-14-12-32(13-15-33)35-18-36(52)20-38(19-35)67-24-41(62)56-46(51(6,7)8)49(65)59-23-37(61)21-40(59)48(64)54-27(2)31-10-16-34(17-11-31)45-28(3)53-25-68-45/h10-20,25,27,37,39-40,46,61H,21-24H2,1-9H3,(H,54,64)(H,56,62)/t27-,37+,39-,40-,46+/m0/s1. The van der Waals surface area contributed by atoms with Gasteiger partial charge in [0.1, 0.15) is 40.5 Å². The Morgan fingerprint density at radius 3 is 2.29 bits per heavy atom. The molecule has 18 heteroatoms. The van der Waals surface area contributed by atoms with Crippen molar-refractivity contribution in [3.63, 3.8) is 0 Å². The van der Waals surface area contributed by atoms with Crippen LogP contribution in [0.2, 0.25) is 0 Å². The van der Waals surface area contributed by atoms with E-state index in [1.807, 2.05) is 87.7 Å². The summed E-state index contributed by atoms with van der Waals surface area (Å²) in [4.78, 5) is 67.1. The van der Waals surface area contributed by atoms with Gasteiger partial charge in [0.2, 0.25) is 11.8 Å². The lowest BCUT2D eigenvalue weighted by atomic mass is 9.85. The number of aryl methyl sites for hydroxylation is 3. The number of hydrogen-bond donors (Lipinski definition) is 3. The molecule has 15 nitrogen and oxygen atoms in total. The van der Waals surface area contributed by atoms with Crippen LogP contribution in [0.4, 0.5) is 4.39 Å². The molecule has 0 radical (unpaired) electrons. The summed E-state index contributed by atoms with van der Waals surface area (Å²) in [6, 6.07) is 16.4. The number of benzene rings is 3. The molecular weight excluding hydrogens is 920 g/mol. The molecule has 3 aromatic heterocycles. The Morgan fingerprint density at radius 2 is 1.62 bits per heavy atom. The number of nitrogens with zero attached hydrogens (tertiary/aromatic N) is 6. The number of aliphatic hydroxyl groups is 1. The lowest BCUT2D eigenvalue weighted by Gasteiger charge is -2.35. The summed E-state index contributed by atoms with van der Waals surface area (Å²) in [5.74, 6) is -1.29. The second-order valence-electron chi connectivity index (χ2n) is 18.6. The third-order valence-corrected chi connectivity index (χ3v) is 14.8. The summed E-state index contributed by atoms with van der Waals surface area (Å²) in [7, 11) is 1.34. The smallest absolute Gasteiger partial charge is 0.308 e. The minimum absolute atomic E-state index is 0.0339. The molecule has 0 saturated carbocycles. The monoisotopic (exact) mass is 974 g/mol. The molecule has 2 aliphatic heterocycles. The van der Waals surface area contributed by atoms with Gasteiger partial charge >= 0.3 is 5.97 Å². The highest BCUT2D eigenvalue weighted by atomic mass is 32.1. The number of halogens is 1. The van der Waals surface area contributed by atoms with Gasteiger partial charge in [0, 0.05) is 35.0 Å². The highest BCUT2D eigenvalue weighted by Crippen LogP contribution is 2.40. The largest absolute Gasteiger partial charge is 0.484 e. The van der Waals surface area contributed by atoms with Crippen molar-refractivity contribution < 1.29 is 38.1 Å². The van der Waals surface area contributed by atoms with E-state index in [4.69, 9.17) is 14.5 Å². The van der Waals surface area contributed by atoms with Gasteiger partial charge in [0.25, 0.3) is 5.91 Å². The molecule has 0 unspecified atom stereocenters. The van der Waals surface area contributed by atoms with Crippen molar-refractivity contribution in [1.29, 1.82) is 0 Å². The quantitative estimate of drug-likeness (QED) is 0.0968. The molecule has 2 aliphatic rings. The van der Waals surface area contributed by atoms with Crippen molar-refractivity contribution in [1.82, 2.24) is 35.3 Å². The Labute approximate surface area is 407 Å². The second kappa shape index (κ2) is 19.8. The van der Waals surface area contributed by atoms with E-state index in [9.17, 15) is 24.3 Å². The maximum atomic E-state index is 15.3. The summed E-state index contributed by atoms with van der Waals surface area (Å²) in [5.41, 5.74) is 8.38. The van der Waals surface area contributed by atoms with Gasteiger partial charge in [-0.25, -0.2) is 9.37 Å². The van der Waals surface area contributed by atoms with Crippen LogP contribution in [0.25, 0.3) is 26.6 Å². The minimum atomic E-state index is -1.09. The van der Waals surface area contributed by atoms with Crippen LogP contribution in [-0.2, 0) is 23.9 Å². The number of thiazole rings is 1. The number of hydrogen-bond acceptors (Lipinski definition) is 13. The number of aliphatic imine (C=N–C) groups is 1. The van der Waals surface area contributed by atoms with Gasteiger partial charge in [0.15, 0.2) is 12.4 Å². The van der Waals surface area contributed by atoms with Crippen LogP contribution >= 0.6 is 22.7 Å². The van der Waals surface area contributed by atoms with Crippen LogP contribution in [-0.4, -0.2) is 97.6 Å². The number of rotatable bonds is 13. The maximum Gasteiger partial charge on any atom is 0.308 e. The van der Waals surface area contributed by atoms with E-state index >= 15 is 4.39 Å². The van der Waals surface area contributed by atoms with Crippen molar-refractivity contribution in [2.45, 2.75) is 98.5 Å². The average Bonchev–Trinajstić information content (AvgIpc) is 4.08. The first kappa shape index (κ1) is 48.8. The van der Waals surface area contributed by atoms with Gasteiger partial charge in [-0.15, -0.1) is 32.9 Å². The summed E-state index contributed by atoms with van der Waals surface area (Å²) >= 11 is 3.16. The SMILES string of the molecule is COC(=O)C[C@@H]1N=C(c2ccc(-c3cc(F)cc(OCC(=O)N[C@H](C(=O)N4C[C@H](O)C[C@H]4C(=O)N[C@@H](C)c4ccc(-c5scnc5C)cc4)C(C)(C)C)c3)cc2)c2c(sc(C)c2C)-n2c(C)nnc21. The molecule has 1 fully saturated rings. The van der Waals surface area contributed by atoms with Gasteiger partial charge in [0.05, 0.1) is 47.5 Å². The number of likely N-dealkylation sites (tertiary alicyclic amines) is 1. The van der Waals surface area contributed by atoms with Crippen molar-refractivity contribution >= 4 is 52.1 Å². The van der Waals surface area contributed by atoms with Crippen LogP contribution in [0, 0.1) is 38.9 Å². The molecule has 360 valence electrons. The fourth-order valence-electron chi connectivity index (χ4n) is 8.77. The lowest BCUT2D eigenvalue weighted by molar-refractivity contribution is -0.144. The topological polar surface area (TPSA) is 190 Å². The molecule has 3 N–H and O–H groups in total. The molecule has 0 bridgehead atoms. The maximum absolute atomic E-state index is 15.3. The number of aliphatic hydroxyl groups excluding tert-OH is 1. The van der Waals surface area contributed by atoms with E-state index in [0.29, 0.717) is 28.5 Å². The van der Waals surface area contributed by atoms with Gasteiger partial charge in [-0.05, 0) is 80.0 Å². The Balaban J connectivity index is 0.944. The zero-order chi connectivity index (χ0) is 49.5. The Morgan fingerprint density at radius 1 is 0.928 bits per heavy atom. The molecule has 6 aromatic rings. The molecule has 0 spiro atoms. The Kier molecular flexibility index (Phi) is 14.0. The van der Waals surface area contributed by atoms with E-state index in [2.05, 4.69) is 25.8 Å². The molecule has 5 heterocycles. The number of aromatic nitrogens is 4. The molecule has 69 heavy (non-hydrogen) atoms. The van der Waals surface area contributed by atoms with Gasteiger partial charge in [-0.1, -0.05) is 69.3 Å². The van der Waals surface area contributed by atoms with Crippen molar-refractivity contribution in [3.05, 3.63) is 123 Å². The zero-order valence-corrected chi connectivity index (χ0v) is 41.6. The number of methoxy groups -OCH3 is 1. The third-order valence-electron chi connectivity index (χ3n) is 12.6. The number of carbonyl (C=O) groups excluding carboxylic acids is 4. The van der Waals surface area contributed by atoms with Crippen LogP contribution in [0.1, 0.15) is 97.1 Å². The van der Waals surface area contributed by atoms with Crippen molar-refractivity contribution in [3.8, 4) is 32.3 Å². The fourth-order valence-corrected chi connectivity index (χ4v) is 10.8. The van der Waals surface area contributed by atoms with Gasteiger partial charge < -0.3 is 30.1 Å². The number of fused-ring (bicyclic) bond motifs is 3. The molecule has 5 atom stereocenters. The summed E-state index contributed by atoms with van der Waals surface area (Å²) in [6.45, 7) is 14.5. The van der Waals surface area contributed by atoms with Crippen LogP contribution in [0.3, 0.4) is 0 Å². The van der Waals surface area contributed by atoms with E-state index in [-0.39, 0.29) is 25.1 Å². The fraction of sp³-hybridized carbons (Fsp3) is 0.373. The van der Waals surface area contributed by atoms with Crippen molar-refractivity contribution in [2.75, 3.05) is 20.3 Å². The molecule has 3 aromatic carbocycles. The number of nitrogens with one attached hydrogen (secondary N) is 2. The number of amides is 3. The van der Waals surface area contributed by atoms with Crippen LogP contribution in [0.15, 0.2) is 77.2 Å². The lowest BCUT2D eigenvalue weighted by Crippen LogP contribution is -2.58. The first-order chi connectivity index (χ1) is 32.8. The summed E-state index contributed by atoms with van der Waals surface area (Å²) < 4.78 is 28.1. The third kappa shape index (κ3) is 10.2. The zero-order valence-electron chi connectivity index (χ0n) is 39.9.